The maximum atomic E-state index is 10.4. The molecule has 0 unspecified atom stereocenters. The second-order valence-electron chi connectivity index (χ2n) is 2.86. The number of carboxylic acid groups (broad SMARTS) is 2. The van der Waals surface area contributed by atoms with E-state index in [4.69, 9.17) is 20.5 Å². The molecule has 9 nitrogen and oxygen atoms in total. The van der Waals surface area contributed by atoms with Gasteiger partial charge in [0.25, 0.3) is 0 Å². The minimum Gasteiger partial charge on any atom is -0.481 e. The Morgan fingerprint density at radius 3 is 2.12 bits per heavy atom. The van der Waals surface area contributed by atoms with Crippen molar-refractivity contribution in [2.24, 2.45) is 5.73 Å². The summed E-state index contributed by atoms with van der Waals surface area (Å²) < 4.78 is 33.0. The van der Waals surface area contributed by atoms with Gasteiger partial charge < -0.3 is 15.9 Å². The van der Waals surface area contributed by atoms with Gasteiger partial charge in [-0.25, -0.2) is 4.18 Å². The van der Waals surface area contributed by atoms with E-state index in [1.165, 1.54) is 0 Å². The number of hydrogen-bond donors (Lipinski definition) is 4. The number of nitrogens with two attached hydrogens (primary N) is 1. The maximum Gasteiger partial charge on any atom is 0.397 e. The predicted molar refractivity (Wildman–Crippen MR) is 48.9 cm³/mol. The van der Waals surface area contributed by atoms with Crippen molar-refractivity contribution in [2.75, 3.05) is 0 Å². The lowest BCUT2D eigenvalue weighted by Crippen LogP contribution is -2.44. The van der Waals surface area contributed by atoms with Gasteiger partial charge in [0.15, 0.2) is 0 Å². The zero-order valence-electron chi connectivity index (χ0n) is 7.94. The first kappa shape index (κ1) is 14.8. The van der Waals surface area contributed by atoms with Gasteiger partial charge in [0.2, 0.25) is 0 Å². The predicted octanol–water partition coefficient (Wildman–Crippen LogP) is -1.55. The fourth-order valence-electron chi connectivity index (χ4n) is 0.868. The molecule has 0 aromatic rings. The molecule has 0 saturated heterocycles. The van der Waals surface area contributed by atoms with Gasteiger partial charge in [0.05, 0.1) is 0 Å². The maximum absolute atomic E-state index is 10.4. The Balaban J connectivity index is 4.63. The van der Waals surface area contributed by atoms with E-state index in [9.17, 15) is 18.0 Å². The highest BCUT2D eigenvalue weighted by atomic mass is 32.3. The Hall–Kier alpha value is -1.23. The van der Waals surface area contributed by atoms with Crippen LogP contribution in [0.5, 0.6) is 0 Å². The van der Waals surface area contributed by atoms with Crippen LogP contribution in [0.25, 0.3) is 0 Å². The summed E-state index contributed by atoms with van der Waals surface area (Å²) in [4.78, 5) is 20.6. The molecule has 94 valence electrons. The SMILES string of the molecule is N[C@H](C(=O)O)[C@@H](CCC(=O)O)OS(=O)(=O)O. The summed E-state index contributed by atoms with van der Waals surface area (Å²) in [6.45, 7) is 0. The molecular weight excluding hydrogens is 246 g/mol. The molecule has 0 spiro atoms. The van der Waals surface area contributed by atoms with Gasteiger partial charge in [-0.2, -0.15) is 8.42 Å². The lowest BCUT2D eigenvalue weighted by molar-refractivity contribution is -0.142. The third-order valence-electron chi connectivity index (χ3n) is 1.57. The molecule has 10 heteroatoms. The van der Waals surface area contributed by atoms with Gasteiger partial charge in [-0.15, -0.1) is 0 Å². The first-order valence-corrected chi connectivity index (χ1v) is 5.36. The third kappa shape index (κ3) is 6.29. The molecule has 0 aliphatic heterocycles. The van der Waals surface area contributed by atoms with Gasteiger partial charge in [-0.1, -0.05) is 0 Å². The van der Waals surface area contributed by atoms with Gasteiger partial charge in [0.1, 0.15) is 12.1 Å². The average Bonchev–Trinajstić information content (AvgIpc) is 2.08. The van der Waals surface area contributed by atoms with Crippen molar-refractivity contribution in [3.05, 3.63) is 0 Å². The Morgan fingerprint density at radius 1 is 1.31 bits per heavy atom. The summed E-state index contributed by atoms with van der Waals surface area (Å²) in [7, 11) is -4.89. The van der Waals surface area contributed by atoms with E-state index < -0.39 is 47.3 Å². The highest BCUT2D eigenvalue weighted by Crippen LogP contribution is 2.09. The lowest BCUT2D eigenvalue weighted by Gasteiger charge is -2.18. The van der Waals surface area contributed by atoms with Crippen LogP contribution in [0, 0.1) is 0 Å². The minimum atomic E-state index is -4.89. The van der Waals surface area contributed by atoms with E-state index >= 15 is 0 Å². The Labute approximate surface area is 90.8 Å². The van der Waals surface area contributed by atoms with Gasteiger partial charge in [-0.3, -0.25) is 14.1 Å². The fraction of sp³-hybridized carbons (Fsp3) is 0.667. The molecule has 0 aliphatic carbocycles. The summed E-state index contributed by atoms with van der Waals surface area (Å²) in [6, 6.07) is -1.75. The van der Waals surface area contributed by atoms with Crippen LogP contribution in [0.15, 0.2) is 0 Å². The molecule has 2 atom stereocenters. The number of carbonyl (C=O) groups is 2. The summed E-state index contributed by atoms with van der Waals surface area (Å²) in [5, 5.41) is 16.8. The van der Waals surface area contributed by atoms with E-state index in [0.29, 0.717) is 0 Å². The summed E-state index contributed by atoms with van der Waals surface area (Å²) in [5.74, 6) is -2.85. The highest BCUT2D eigenvalue weighted by molar-refractivity contribution is 7.80. The van der Waals surface area contributed by atoms with Crippen LogP contribution in [-0.4, -0.2) is 47.3 Å². The largest absolute Gasteiger partial charge is 0.481 e. The first-order valence-electron chi connectivity index (χ1n) is 3.99. The van der Waals surface area contributed by atoms with Crippen LogP contribution in [0.3, 0.4) is 0 Å². The van der Waals surface area contributed by atoms with E-state index in [-0.39, 0.29) is 0 Å². The molecule has 0 aliphatic rings. The minimum absolute atomic E-state index is 0.456. The van der Waals surface area contributed by atoms with Crippen molar-refractivity contribution in [1.82, 2.24) is 0 Å². The van der Waals surface area contributed by atoms with E-state index in [2.05, 4.69) is 4.18 Å². The van der Waals surface area contributed by atoms with Crippen molar-refractivity contribution in [1.29, 1.82) is 0 Å². The molecular formula is C6H11NO8S. The van der Waals surface area contributed by atoms with Crippen molar-refractivity contribution >= 4 is 22.3 Å². The fourth-order valence-corrected chi connectivity index (χ4v) is 1.40. The molecule has 0 amide bonds. The molecule has 0 fully saturated rings. The lowest BCUT2D eigenvalue weighted by atomic mass is 10.1. The topological polar surface area (TPSA) is 164 Å². The highest BCUT2D eigenvalue weighted by Gasteiger charge is 2.29. The summed E-state index contributed by atoms with van der Waals surface area (Å²) in [5.41, 5.74) is 5.06. The first-order chi connectivity index (χ1) is 7.13. The van der Waals surface area contributed by atoms with Crippen molar-refractivity contribution in [3.8, 4) is 0 Å². The molecule has 0 bridgehead atoms. The molecule has 0 radical (unpaired) electrons. The van der Waals surface area contributed by atoms with Crippen LogP contribution in [0.4, 0.5) is 0 Å². The monoisotopic (exact) mass is 257 g/mol. The second kappa shape index (κ2) is 5.75. The standard InChI is InChI=1S/C6H11NO8S/c7-5(6(10)11)3(1-2-4(8)9)15-16(12,13)14/h3,5H,1-2,7H2,(H,8,9)(H,10,11)(H,12,13,14)/t3-,5+/m1/s1. The second-order valence-corrected chi connectivity index (χ2v) is 3.91. The van der Waals surface area contributed by atoms with Gasteiger partial charge >= 0.3 is 22.3 Å². The van der Waals surface area contributed by atoms with Crippen LogP contribution < -0.4 is 5.73 Å². The van der Waals surface area contributed by atoms with Crippen LogP contribution in [0.2, 0.25) is 0 Å². The molecule has 16 heavy (non-hydrogen) atoms. The number of rotatable bonds is 7. The third-order valence-corrected chi connectivity index (χ3v) is 2.06. The quantitative estimate of drug-likeness (QED) is 0.395. The summed E-state index contributed by atoms with van der Waals surface area (Å²) >= 11 is 0. The zero-order chi connectivity index (χ0) is 12.9. The molecule has 0 aromatic heterocycles. The Morgan fingerprint density at radius 2 is 1.81 bits per heavy atom. The van der Waals surface area contributed by atoms with Crippen molar-refractivity contribution < 1.29 is 37.0 Å². The number of hydrogen-bond acceptors (Lipinski definition) is 6. The molecule has 0 heterocycles. The van der Waals surface area contributed by atoms with E-state index in [0.717, 1.165) is 0 Å². The smallest absolute Gasteiger partial charge is 0.397 e. The van der Waals surface area contributed by atoms with Crippen molar-refractivity contribution in [3.63, 3.8) is 0 Å². The molecule has 5 N–H and O–H groups in total. The van der Waals surface area contributed by atoms with Crippen LogP contribution in [-0.2, 0) is 24.2 Å². The zero-order valence-corrected chi connectivity index (χ0v) is 8.75. The van der Waals surface area contributed by atoms with Crippen LogP contribution in [0.1, 0.15) is 12.8 Å². The Bertz CT molecular complexity index is 363. The molecule has 0 rings (SSSR count). The van der Waals surface area contributed by atoms with Crippen LogP contribution >= 0.6 is 0 Å². The van der Waals surface area contributed by atoms with Crippen molar-refractivity contribution in [2.45, 2.75) is 25.0 Å². The van der Waals surface area contributed by atoms with E-state index in [1.807, 2.05) is 0 Å². The summed E-state index contributed by atoms with van der Waals surface area (Å²) in [6.07, 6.45) is -2.63. The Kier molecular flexibility index (Phi) is 5.30. The molecule has 0 aromatic carbocycles. The average molecular weight is 257 g/mol. The normalized spacial score (nSPS) is 15.4. The number of carboxylic acids is 2. The number of aliphatic carboxylic acids is 2. The van der Waals surface area contributed by atoms with Gasteiger partial charge in [0, 0.05) is 6.42 Å². The molecule has 0 saturated carbocycles. The van der Waals surface area contributed by atoms with E-state index in [1.54, 1.807) is 0 Å². The van der Waals surface area contributed by atoms with Gasteiger partial charge in [-0.05, 0) is 6.42 Å².